The van der Waals surface area contributed by atoms with E-state index in [2.05, 4.69) is 10.6 Å². The average molecular weight is 324 g/mol. The molecule has 1 rings (SSSR count). The molecule has 3 amide bonds. The molecule has 0 fully saturated rings. The van der Waals surface area contributed by atoms with Crippen LogP contribution in [-0.2, 0) is 14.3 Å². The van der Waals surface area contributed by atoms with Crippen LogP contribution in [0.25, 0.3) is 0 Å². The number of esters is 1. The Morgan fingerprint density at radius 1 is 1.23 bits per heavy atom. The molecule has 120 valence electrons. The van der Waals surface area contributed by atoms with E-state index in [0.717, 1.165) is 11.3 Å². The Hall–Kier alpha value is -2.02. The molecule has 0 heterocycles. The molecule has 0 unspecified atom stereocenters. The molecule has 2 N–H and O–H groups in total. The standard InChI is InChI=1S/C15H20N2O4S/c1-3-11(2)16-15(20)17-13(18)9-21-14(19)10-22-12-7-5-4-6-8-12/h4-8,11H,3,9-10H2,1-2H3,(H2,16,17,18,20)/t11-/m1/s1. The molecule has 7 heteroatoms. The van der Waals surface area contributed by atoms with Crippen LogP contribution < -0.4 is 10.6 Å². The Morgan fingerprint density at radius 2 is 1.91 bits per heavy atom. The first-order valence-electron chi connectivity index (χ1n) is 6.95. The number of carbonyl (C=O) groups excluding carboxylic acids is 3. The second kappa shape index (κ2) is 9.83. The highest BCUT2D eigenvalue weighted by Gasteiger charge is 2.12. The van der Waals surface area contributed by atoms with Gasteiger partial charge < -0.3 is 10.1 Å². The van der Waals surface area contributed by atoms with Gasteiger partial charge in [-0.05, 0) is 25.5 Å². The lowest BCUT2D eigenvalue weighted by Gasteiger charge is -2.11. The summed E-state index contributed by atoms with van der Waals surface area (Å²) in [5.41, 5.74) is 0. The number of hydrogen-bond donors (Lipinski definition) is 2. The first kappa shape index (κ1) is 18.0. The molecule has 1 atom stereocenters. The molecule has 0 bridgehead atoms. The van der Waals surface area contributed by atoms with Crippen molar-refractivity contribution in [1.82, 2.24) is 10.6 Å². The number of thioether (sulfide) groups is 1. The Morgan fingerprint density at radius 3 is 2.55 bits per heavy atom. The quantitative estimate of drug-likeness (QED) is 0.591. The van der Waals surface area contributed by atoms with E-state index in [1.807, 2.05) is 44.2 Å². The first-order valence-corrected chi connectivity index (χ1v) is 7.93. The van der Waals surface area contributed by atoms with Crippen molar-refractivity contribution in [3.63, 3.8) is 0 Å². The molecule has 0 aromatic heterocycles. The molecule has 1 aromatic carbocycles. The van der Waals surface area contributed by atoms with Gasteiger partial charge in [0.25, 0.3) is 5.91 Å². The molecular formula is C15H20N2O4S. The van der Waals surface area contributed by atoms with E-state index in [1.54, 1.807) is 0 Å². The molecule has 0 saturated carbocycles. The smallest absolute Gasteiger partial charge is 0.321 e. The van der Waals surface area contributed by atoms with Crippen molar-refractivity contribution in [2.45, 2.75) is 31.2 Å². The van der Waals surface area contributed by atoms with Gasteiger partial charge in [-0.15, -0.1) is 11.8 Å². The number of rotatable bonds is 7. The summed E-state index contributed by atoms with van der Waals surface area (Å²) < 4.78 is 4.81. The van der Waals surface area contributed by atoms with Crippen molar-refractivity contribution in [2.24, 2.45) is 0 Å². The zero-order valence-corrected chi connectivity index (χ0v) is 13.4. The van der Waals surface area contributed by atoms with Crippen molar-refractivity contribution in [2.75, 3.05) is 12.4 Å². The largest absolute Gasteiger partial charge is 0.455 e. The van der Waals surface area contributed by atoms with Gasteiger partial charge in [-0.3, -0.25) is 14.9 Å². The average Bonchev–Trinajstić information content (AvgIpc) is 2.51. The van der Waals surface area contributed by atoms with Gasteiger partial charge >= 0.3 is 12.0 Å². The zero-order chi connectivity index (χ0) is 16.4. The predicted octanol–water partition coefficient (Wildman–Crippen LogP) is 1.95. The minimum atomic E-state index is -0.654. The van der Waals surface area contributed by atoms with Crippen molar-refractivity contribution in [3.8, 4) is 0 Å². The molecule has 0 aliphatic heterocycles. The highest BCUT2D eigenvalue weighted by Crippen LogP contribution is 2.16. The Kier molecular flexibility index (Phi) is 8.06. The summed E-state index contributed by atoms with van der Waals surface area (Å²) in [5.74, 6) is -1.05. The third-order valence-corrected chi connectivity index (χ3v) is 3.69. The van der Waals surface area contributed by atoms with Crippen molar-refractivity contribution in [1.29, 1.82) is 0 Å². The maximum Gasteiger partial charge on any atom is 0.321 e. The number of hydrogen-bond acceptors (Lipinski definition) is 5. The van der Waals surface area contributed by atoms with Crippen LogP contribution in [0.15, 0.2) is 35.2 Å². The van der Waals surface area contributed by atoms with E-state index in [4.69, 9.17) is 4.74 Å². The lowest BCUT2D eigenvalue weighted by molar-refractivity contribution is -0.145. The van der Waals surface area contributed by atoms with Gasteiger partial charge in [-0.25, -0.2) is 4.79 Å². The monoisotopic (exact) mass is 324 g/mol. The van der Waals surface area contributed by atoms with Gasteiger partial charge in [-0.1, -0.05) is 25.1 Å². The number of carbonyl (C=O) groups is 3. The molecule has 0 aliphatic carbocycles. The second-order valence-corrected chi connectivity index (χ2v) is 5.64. The Bertz CT molecular complexity index is 508. The molecule has 0 spiro atoms. The van der Waals surface area contributed by atoms with Crippen LogP contribution in [0.4, 0.5) is 4.79 Å². The van der Waals surface area contributed by atoms with Gasteiger partial charge in [0.1, 0.15) is 0 Å². The Labute approximate surface area is 134 Å². The topological polar surface area (TPSA) is 84.5 Å². The fourth-order valence-corrected chi connectivity index (χ4v) is 2.09. The number of nitrogens with one attached hydrogen (secondary N) is 2. The molecule has 1 aromatic rings. The molecule has 0 aliphatic rings. The summed E-state index contributed by atoms with van der Waals surface area (Å²) in [6.45, 7) is 3.27. The van der Waals surface area contributed by atoms with Gasteiger partial charge in [0.05, 0.1) is 5.75 Å². The number of benzene rings is 1. The van der Waals surface area contributed by atoms with Crippen LogP contribution in [0, 0.1) is 0 Å². The summed E-state index contributed by atoms with van der Waals surface area (Å²) in [6, 6.07) is 8.77. The highest BCUT2D eigenvalue weighted by molar-refractivity contribution is 8.00. The zero-order valence-electron chi connectivity index (χ0n) is 12.6. The van der Waals surface area contributed by atoms with Gasteiger partial charge in [0.15, 0.2) is 6.61 Å². The lowest BCUT2D eigenvalue weighted by Crippen LogP contribution is -2.44. The van der Waals surface area contributed by atoms with Gasteiger partial charge in [-0.2, -0.15) is 0 Å². The lowest BCUT2D eigenvalue weighted by atomic mass is 10.3. The minimum Gasteiger partial charge on any atom is -0.455 e. The van der Waals surface area contributed by atoms with E-state index >= 15 is 0 Å². The number of imide groups is 1. The fraction of sp³-hybridized carbons (Fsp3) is 0.400. The van der Waals surface area contributed by atoms with E-state index in [1.165, 1.54) is 11.8 Å². The van der Waals surface area contributed by atoms with E-state index in [0.29, 0.717) is 0 Å². The molecule has 0 radical (unpaired) electrons. The molecule has 22 heavy (non-hydrogen) atoms. The van der Waals surface area contributed by atoms with Gasteiger partial charge in [0.2, 0.25) is 0 Å². The van der Waals surface area contributed by atoms with Crippen molar-refractivity contribution >= 4 is 29.7 Å². The van der Waals surface area contributed by atoms with Crippen molar-refractivity contribution in [3.05, 3.63) is 30.3 Å². The number of ether oxygens (including phenoxy) is 1. The molecule has 6 nitrogen and oxygen atoms in total. The summed E-state index contributed by atoms with van der Waals surface area (Å²) >= 11 is 1.32. The first-order chi connectivity index (χ1) is 10.5. The third kappa shape index (κ3) is 7.68. The number of urea groups is 1. The predicted molar refractivity (Wildman–Crippen MR) is 84.6 cm³/mol. The summed E-state index contributed by atoms with van der Waals surface area (Å²) in [5, 5.41) is 4.68. The van der Waals surface area contributed by atoms with Crippen LogP contribution in [-0.4, -0.2) is 36.3 Å². The van der Waals surface area contributed by atoms with E-state index < -0.39 is 24.5 Å². The molecular weight excluding hydrogens is 304 g/mol. The fourth-order valence-electron chi connectivity index (χ4n) is 1.37. The number of amides is 3. The summed E-state index contributed by atoms with van der Waals surface area (Å²) in [4.78, 5) is 35.3. The van der Waals surface area contributed by atoms with Crippen LogP contribution in [0.3, 0.4) is 0 Å². The van der Waals surface area contributed by atoms with Crippen LogP contribution in [0.2, 0.25) is 0 Å². The summed E-state index contributed by atoms with van der Waals surface area (Å²) in [7, 11) is 0. The summed E-state index contributed by atoms with van der Waals surface area (Å²) in [6.07, 6.45) is 0.757. The normalized spacial score (nSPS) is 11.4. The van der Waals surface area contributed by atoms with E-state index in [9.17, 15) is 14.4 Å². The van der Waals surface area contributed by atoms with Crippen LogP contribution in [0.1, 0.15) is 20.3 Å². The maximum atomic E-state index is 11.5. The van der Waals surface area contributed by atoms with Crippen LogP contribution in [0.5, 0.6) is 0 Å². The maximum absolute atomic E-state index is 11.5. The van der Waals surface area contributed by atoms with Crippen LogP contribution >= 0.6 is 11.8 Å². The van der Waals surface area contributed by atoms with Crippen molar-refractivity contribution < 1.29 is 19.1 Å². The third-order valence-electron chi connectivity index (χ3n) is 2.71. The Balaban J connectivity index is 2.20. The minimum absolute atomic E-state index is 0.0300. The highest BCUT2D eigenvalue weighted by atomic mass is 32.2. The van der Waals surface area contributed by atoms with E-state index in [-0.39, 0.29) is 11.8 Å². The second-order valence-electron chi connectivity index (χ2n) is 4.59. The SMILES string of the molecule is CC[C@@H](C)NC(=O)NC(=O)COC(=O)CSc1ccccc1. The van der Waals surface area contributed by atoms with Gasteiger partial charge in [0, 0.05) is 10.9 Å². The molecule has 0 saturated heterocycles.